The van der Waals surface area contributed by atoms with Crippen LogP contribution in [0.4, 0.5) is 5.69 Å². The first-order valence-corrected chi connectivity index (χ1v) is 9.84. The van der Waals surface area contributed by atoms with Gasteiger partial charge in [0.15, 0.2) is 0 Å². The number of benzene rings is 3. The number of phenolic OH excluding ortho intramolecular Hbond substituents is 1. The fourth-order valence-electron chi connectivity index (χ4n) is 3.48. The number of amides is 1. The third kappa shape index (κ3) is 3.89. The first-order valence-electron chi connectivity index (χ1n) is 9.46. The van der Waals surface area contributed by atoms with Crippen molar-refractivity contribution in [2.24, 2.45) is 4.99 Å². The van der Waals surface area contributed by atoms with Gasteiger partial charge in [0.05, 0.1) is 17.9 Å². The van der Waals surface area contributed by atoms with Gasteiger partial charge in [-0.25, -0.2) is 0 Å². The largest absolute Gasteiger partial charge is 0.508 e. The first kappa shape index (κ1) is 19.2. The standard InChI is InChI=1S/C24H21ClN2O2/c1-15-3-5-17(6-4-15)14-27-22-12-9-19(25)13-21(22)23(26-16(2)24(27)29)18-7-10-20(28)11-8-18/h3-13,16,28H,14H2,1-2H3. The lowest BCUT2D eigenvalue weighted by molar-refractivity contribution is -0.119. The number of nitrogens with zero attached hydrogens (tertiary/aromatic N) is 2. The van der Waals surface area contributed by atoms with E-state index in [1.165, 1.54) is 5.56 Å². The van der Waals surface area contributed by atoms with Crippen molar-refractivity contribution in [3.05, 3.63) is 94.0 Å². The second-order valence-electron chi connectivity index (χ2n) is 7.27. The van der Waals surface area contributed by atoms with Crippen LogP contribution in [-0.2, 0) is 11.3 Å². The molecule has 0 fully saturated rings. The van der Waals surface area contributed by atoms with E-state index in [-0.39, 0.29) is 11.7 Å². The molecule has 0 aliphatic carbocycles. The molecule has 0 spiro atoms. The van der Waals surface area contributed by atoms with Crippen LogP contribution in [0.2, 0.25) is 5.02 Å². The Labute approximate surface area is 175 Å². The number of benzodiazepines with no additional fused rings is 1. The highest BCUT2D eigenvalue weighted by atomic mass is 35.5. The second-order valence-corrected chi connectivity index (χ2v) is 7.71. The summed E-state index contributed by atoms with van der Waals surface area (Å²) in [5, 5.41) is 10.2. The zero-order valence-electron chi connectivity index (χ0n) is 16.3. The van der Waals surface area contributed by atoms with E-state index in [4.69, 9.17) is 16.6 Å². The summed E-state index contributed by atoms with van der Waals surface area (Å²) < 4.78 is 0. The smallest absolute Gasteiger partial charge is 0.251 e. The molecule has 1 aliphatic heterocycles. The summed E-state index contributed by atoms with van der Waals surface area (Å²) in [6.45, 7) is 4.30. The number of aromatic hydroxyl groups is 1. The van der Waals surface area contributed by atoms with Gasteiger partial charge in [-0.15, -0.1) is 0 Å². The summed E-state index contributed by atoms with van der Waals surface area (Å²) in [6, 6.07) is 19.9. The van der Waals surface area contributed by atoms with E-state index in [0.29, 0.717) is 17.3 Å². The van der Waals surface area contributed by atoms with Crippen molar-refractivity contribution in [1.29, 1.82) is 0 Å². The lowest BCUT2D eigenvalue weighted by atomic mass is 9.99. The van der Waals surface area contributed by atoms with Gasteiger partial charge in [0, 0.05) is 16.1 Å². The molecular formula is C24H21ClN2O2. The van der Waals surface area contributed by atoms with Gasteiger partial charge in [0.1, 0.15) is 11.8 Å². The topological polar surface area (TPSA) is 52.9 Å². The Morgan fingerprint density at radius 3 is 2.41 bits per heavy atom. The Balaban J connectivity index is 1.84. The minimum absolute atomic E-state index is 0.0667. The van der Waals surface area contributed by atoms with Crippen LogP contribution < -0.4 is 4.90 Å². The van der Waals surface area contributed by atoms with E-state index in [1.54, 1.807) is 42.2 Å². The lowest BCUT2D eigenvalue weighted by Gasteiger charge is -2.25. The van der Waals surface area contributed by atoms with E-state index in [0.717, 1.165) is 22.4 Å². The van der Waals surface area contributed by atoms with Gasteiger partial charge in [0.2, 0.25) is 0 Å². The highest BCUT2D eigenvalue weighted by molar-refractivity contribution is 6.32. The molecule has 1 aliphatic rings. The number of carbonyl (C=O) groups excluding carboxylic acids is 1. The van der Waals surface area contributed by atoms with Crippen molar-refractivity contribution in [2.45, 2.75) is 26.4 Å². The minimum atomic E-state index is -0.546. The zero-order chi connectivity index (χ0) is 20.5. The highest BCUT2D eigenvalue weighted by Gasteiger charge is 2.30. The number of carbonyl (C=O) groups is 1. The second kappa shape index (κ2) is 7.72. The summed E-state index contributed by atoms with van der Waals surface area (Å²) in [6.07, 6.45) is 0. The van der Waals surface area contributed by atoms with Crippen molar-refractivity contribution >= 4 is 28.9 Å². The summed E-state index contributed by atoms with van der Waals surface area (Å²) in [4.78, 5) is 19.7. The molecule has 0 saturated carbocycles. The summed E-state index contributed by atoms with van der Waals surface area (Å²) in [7, 11) is 0. The van der Waals surface area contributed by atoms with Crippen molar-refractivity contribution in [2.75, 3.05) is 4.90 Å². The first-order chi connectivity index (χ1) is 13.9. The molecule has 3 aromatic rings. The molecule has 29 heavy (non-hydrogen) atoms. The predicted molar refractivity (Wildman–Crippen MR) is 117 cm³/mol. The molecule has 0 bridgehead atoms. The number of aliphatic imine (C=N–C) groups is 1. The molecule has 1 heterocycles. The monoisotopic (exact) mass is 404 g/mol. The van der Waals surface area contributed by atoms with Gasteiger partial charge >= 0.3 is 0 Å². The molecule has 1 atom stereocenters. The van der Waals surface area contributed by atoms with Crippen LogP contribution in [0, 0.1) is 6.92 Å². The molecule has 5 heteroatoms. The number of halogens is 1. The maximum atomic E-state index is 13.2. The molecule has 146 valence electrons. The quantitative estimate of drug-likeness (QED) is 0.658. The van der Waals surface area contributed by atoms with Crippen LogP contribution in [0.25, 0.3) is 0 Å². The zero-order valence-corrected chi connectivity index (χ0v) is 17.0. The van der Waals surface area contributed by atoms with Crippen LogP contribution in [0.1, 0.15) is 29.2 Å². The van der Waals surface area contributed by atoms with E-state index in [9.17, 15) is 9.90 Å². The Morgan fingerprint density at radius 1 is 1.03 bits per heavy atom. The van der Waals surface area contributed by atoms with Gasteiger partial charge in [-0.05, 0) is 61.9 Å². The van der Waals surface area contributed by atoms with Crippen molar-refractivity contribution < 1.29 is 9.90 Å². The molecule has 0 aromatic heterocycles. The maximum absolute atomic E-state index is 13.2. The third-order valence-electron chi connectivity index (χ3n) is 5.05. The summed E-state index contributed by atoms with van der Waals surface area (Å²) in [5.74, 6) is 0.113. The Hall–Kier alpha value is -3.11. The number of phenols is 1. The molecule has 4 rings (SSSR count). The van der Waals surface area contributed by atoms with Gasteiger partial charge in [-0.2, -0.15) is 0 Å². The van der Waals surface area contributed by atoms with E-state index >= 15 is 0 Å². The van der Waals surface area contributed by atoms with Gasteiger partial charge in [-0.3, -0.25) is 9.79 Å². The SMILES string of the molecule is Cc1ccc(CN2C(=O)C(C)N=C(c3ccc(O)cc3)c3cc(Cl)ccc32)cc1. The molecule has 1 N–H and O–H groups in total. The molecular weight excluding hydrogens is 384 g/mol. The average molecular weight is 405 g/mol. The molecule has 1 amide bonds. The Bertz CT molecular complexity index is 1090. The molecule has 1 unspecified atom stereocenters. The van der Waals surface area contributed by atoms with Crippen LogP contribution >= 0.6 is 11.6 Å². The number of hydrogen-bond donors (Lipinski definition) is 1. The number of fused-ring (bicyclic) bond motifs is 1. The van der Waals surface area contributed by atoms with E-state index in [2.05, 4.69) is 0 Å². The maximum Gasteiger partial charge on any atom is 0.251 e. The van der Waals surface area contributed by atoms with Crippen LogP contribution in [0.15, 0.2) is 71.7 Å². The van der Waals surface area contributed by atoms with Crippen LogP contribution in [0.3, 0.4) is 0 Å². The van der Waals surface area contributed by atoms with E-state index < -0.39 is 6.04 Å². The molecule has 4 nitrogen and oxygen atoms in total. The van der Waals surface area contributed by atoms with E-state index in [1.807, 2.05) is 43.3 Å². The highest BCUT2D eigenvalue weighted by Crippen LogP contribution is 2.32. The number of rotatable bonds is 3. The fourth-order valence-corrected chi connectivity index (χ4v) is 3.66. The van der Waals surface area contributed by atoms with Crippen molar-refractivity contribution in [3.63, 3.8) is 0 Å². The molecule has 3 aromatic carbocycles. The fraction of sp³-hybridized carbons (Fsp3) is 0.167. The summed E-state index contributed by atoms with van der Waals surface area (Å²) >= 11 is 6.31. The Kier molecular flexibility index (Phi) is 5.12. The number of anilines is 1. The third-order valence-corrected chi connectivity index (χ3v) is 5.29. The predicted octanol–water partition coefficient (Wildman–Crippen LogP) is 5.13. The number of aryl methyl sites for hydroxylation is 1. The lowest BCUT2D eigenvalue weighted by Crippen LogP contribution is -2.36. The Morgan fingerprint density at radius 2 is 1.72 bits per heavy atom. The van der Waals surface area contributed by atoms with Crippen molar-refractivity contribution in [3.8, 4) is 5.75 Å². The van der Waals surface area contributed by atoms with Crippen molar-refractivity contribution in [1.82, 2.24) is 0 Å². The molecule has 0 radical (unpaired) electrons. The minimum Gasteiger partial charge on any atom is -0.508 e. The average Bonchev–Trinajstić information content (AvgIpc) is 2.81. The normalized spacial score (nSPS) is 16.2. The summed E-state index contributed by atoms with van der Waals surface area (Å²) in [5.41, 5.74) is 5.31. The van der Waals surface area contributed by atoms with Gasteiger partial charge < -0.3 is 10.0 Å². The number of hydrogen-bond acceptors (Lipinski definition) is 3. The van der Waals surface area contributed by atoms with Gasteiger partial charge in [-0.1, -0.05) is 41.4 Å². The van der Waals surface area contributed by atoms with Crippen LogP contribution in [-0.4, -0.2) is 22.8 Å². The van der Waals surface area contributed by atoms with Gasteiger partial charge in [0.25, 0.3) is 5.91 Å². The molecule has 0 saturated heterocycles. The van der Waals surface area contributed by atoms with Crippen LogP contribution in [0.5, 0.6) is 5.75 Å².